The quantitative estimate of drug-likeness (QED) is 0.424. The molecule has 4 aromatic rings. The molecule has 0 spiro atoms. The van der Waals surface area contributed by atoms with Gasteiger partial charge >= 0.3 is 0 Å². The van der Waals surface area contributed by atoms with E-state index >= 15 is 0 Å². The Morgan fingerprint density at radius 3 is 2.61 bits per heavy atom. The summed E-state index contributed by atoms with van der Waals surface area (Å²) in [5.41, 5.74) is 5.16. The number of hydrogen-bond donors (Lipinski definition) is 1. The van der Waals surface area contributed by atoms with E-state index in [9.17, 15) is 9.18 Å². The van der Waals surface area contributed by atoms with E-state index in [0.29, 0.717) is 35.0 Å². The number of ether oxygens (including phenoxy) is 1. The lowest BCUT2D eigenvalue weighted by Crippen LogP contribution is -2.16. The number of nitrogens with zero attached hydrogens (tertiary/aromatic N) is 3. The van der Waals surface area contributed by atoms with Crippen LogP contribution in [0, 0.1) is 33.5 Å². The first-order chi connectivity index (χ1) is 15.8. The van der Waals surface area contributed by atoms with E-state index in [-0.39, 0.29) is 18.1 Å². The number of carbonyl (C=O) groups is 1. The number of anilines is 1. The lowest BCUT2D eigenvalue weighted by Gasteiger charge is -2.09. The lowest BCUT2D eigenvalue weighted by molar-refractivity contribution is 0.101. The standard InChI is InChI=1S/C25H25FN4O3/c1-15-6-5-7-19(12-15)13-30-17(3)23(16(2)28-30)27-25(31)24-22(18(4)33-29-24)14-32-21-10-8-20(26)9-11-21/h5-12H,13-14H2,1-4H3,(H,27,31). The molecule has 7 nitrogen and oxygen atoms in total. The van der Waals surface area contributed by atoms with Crippen LogP contribution in [0.4, 0.5) is 10.1 Å². The van der Waals surface area contributed by atoms with Crippen LogP contribution in [-0.2, 0) is 13.2 Å². The van der Waals surface area contributed by atoms with Gasteiger partial charge in [-0.05, 0) is 57.5 Å². The summed E-state index contributed by atoms with van der Waals surface area (Å²) in [7, 11) is 0. The third kappa shape index (κ3) is 4.95. The van der Waals surface area contributed by atoms with Crippen molar-refractivity contribution in [2.75, 3.05) is 5.32 Å². The van der Waals surface area contributed by atoms with Crippen LogP contribution in [-0.4, -0.2) is 20.8 Å². The van der Waals surface area contributed by atoms with Gasteiger partial charge in [0.1, 0.15) is 23.9 Å². The molecule has 8 heteroatoms. The third-order valence-electron chi connectivity index (χ3n) is 5.43. The fourth-order valence-corrected chi connectivity index (χ4v) is 3.61. The minimum atomic E-state index is -0.411. The van der Waals surface area contributed by atoms with Gasteiger partial charge in [-0.15, -0.1) is 0 Å². The fourth-order valence-electron chi connectivity index (χ4n) is 3.61. The Balaban J connectivity index is 1.51. The molecule has 1 amide bonds. The van der Waals surface area contributed by atoms with E-state index in [1.807, 2.05) is 43.7 Å². The summed E-state index contributed by atoms with van der Waals surface area (Å²) >= 11 is 0. The SMILES string of the molecule is Cc1cccc(Cn2nc(C)c(NC(=O)c3noc(C)c3COc3ccc(F)cc3)c2C)c1. The van der Waals surface area contributed by atoms with Crippen molar-refractivity contribution < 1.29 is 18.4 Å². The highest BCUT2D eigenvalue weighted by atomic mass is 19.1. The molecule has 0 radical (unpaired) electrons. The summed E-state index contributed by atoms with van der Waals surface area (Å²) in [4.78, 5) is 13.0. The molecular formula is C25H25FN4O3. The number of aryl methyl sites for hydroxylation is 3. The molecular weight excluding hydrogens is 423 g/mol. The number of carbonyl (C=O) groups excluding carboxylic acids is 1. The number of benzene rings is 2. The molecule has 0 unspecified atom stereocenters. The Kier molecular flexibility index (Phi) is 6.26. The zero-order valence-electron chi connectivity index (χ0n) is 19.0. The smallest absolute Gasteiger partial charge is 0.278 e. The number of hydrogen-bond acceptors (Lipinski definition) is 5. The summed E-state index contributed by atoms with van der Waals surface area (Å²) in [6, 6.07) is 13.9. The van der Waals surface area contributed by atoms with Gasteiger partial charge in [0, 0.05) is 0 Å². The first-order valence-corrected chi connectivity index (χ1v) is 10.6. The van der Waals surface area contributed by atoms with Gasteiger partial charge in [-0.2, -0.15) is 5.10 Å². The van der Waals surface area contributed by atoms with Gasteiger partial charge in [0.2, 0.25) is 0 Å². The molecule has 1 N–H and O–H groups in total. The molecule has 0 aliphatic rings. The van der Waals surface area contributed by atoms with Crippen LogP contribution in [0.1, 0.15) is 44.3 Å². The van der Waals surface area contributed by atoms with Crippen LogP contribution in [0.2, 0.25) is 0 Å². The first-order valence-electron chi connectivity index (χ1n) is 10.6. The number of halogens is 1. The molecule has 0 saturated heterocycles. The Labute approximate surface area is 191 Å². The van der Waals surface area contributed by atoms with Crippen molar-refractivity contribution in [2.45, 2.75) is 40.8 Å². The van der Waals surface area contributed by atoms with Gasteiger partial charge in [-0.25, -0.2) is 4.39 Å². The average molecular weight is 448 g/mol. The Morgan fingerprint density at radius 2 is 1.88 bits per heavy atom. The minimum absolute atomic E-state index is 0.0638. The number of nitrogens with one attached hydrogen (secondary N) is 1. The van der Waals surface area contributed by atoms with E-state index < -0.39 is 5.91 Å². The van der Waals surface area contributed by atoms with Crippen LogP contribution in [0.25, 0.3) is 0 Å². The molecule has 33 heavy (non-hydrogen) atoms. The molecule has 2 aromatic heterocycles. The van der Waals surface area contributed by atoms with Gasteiger partial charge in [0.05, 0.1) is 29.2 Å². The molecule has 0 saturated carbocycles. The largest absolute Gasteiger partial charge is 0.489 e. The Hall–Kier alpha value is -3.94. The summed E-state index contributed by atoms with van der Waals surface area (Å²) in [6.07, 6.45) is 0. The predicted octanol–water partition coefficient (Wildman–Crippen LogP) is 5.12. The van der Waals surface area contributed by atoms with Crippen LogP contribution < -0.4 is 10.1 Å². The number of amides is 1. The normalized spacial score (nSPS) is 10.9. The Bertz CT molecular complexity index is 1290. The third-order valence-corrected chi connectivity index (χ3v) is 5.43. The molecule has 0 aliphatic heterocycles. The predicted molar refractivity (Wildman–Crippen MR) is 122 cm³/mol. The summed E-state index contributed by atoms with van der Waals surface area (Å²) < 4.78 is 25.9. The van der Waals surface area contributed by atoms with Crippen molar-refractivity contribution in [1.82, 2.24) is 14.9 Å². The van der Waals surface area contributed by atoms with Crippen molar-refractivity contribution in [3.63, 3.8) is 0 Å². The van der Waals surface area contributed by atoms with E-state index in [2.05, 4.69) is 21.6 Å². The first kappa shape index (κ1) is 22.3. The molecule has 170 valence electrons. The van der Waals surface area contributed by atoms with Crippen LogP contribution in [0.15, 0.2) is 53.1 Å². The van der Waals surface area contributed by atoms with Gasteiger partial charge in [0.15, 0.2) is 5.69 Å². The maximum Gasteiger partial charge on any atom is 0.278 e. The van der Waals surface area contributed by atoms with Crippen molar-refractivity contribution in [1.29, 1.82) is 0 Å². The number of aromatic nitrogens is 3. The highest BCUT2D eigenvalue weighted by Gasteiger charge is 2.23. The maximum atomic E-state index is 13.1. The van der Waals surface area contributed by atoms with Gasteiger partial charge in [-0.1, -0.05) is 35.0 Å². The highest BCUT2D eigenvalue weighted by molar-refractivity contribution is 6.04. The summed E-state index contributed by atoms with van der Waals surface area (Å²) in [5, 5.41) is 11.4. The van der Waals surface area contributed by atoms with E-state index in [4.69, 9.17) is 9.26 Å². The van der Waals surface area contributed by atoms with Crippen LogP contribution in [0.3, 0.4) is 0 Å². The highest BCUT2D eigenvalue weighted by Crippen LogP contribution is 2.24. The van der Waals surface area contributed by atoms with E-state index in [1.165, 1.54) is 29.8 Å². The van der Waals surface area contributed by atoms with Gasteiger partial charge in [-0.3, -0.25) is 9.48 Å². The number of rotatable bonds is 7. The zero-order chi connectivity index (χ0) is 23.5. The van der Waals surface area contributed by atoms with Crippen molar-refractivity contribution in [2.24, 2.45) is 0 Å². The van der Waals surface area contributed by atoms with Crippen LogP contribution >= 0.6 is 0 Å². The topological polar surface area (TPSA) is 82.2 Å². The molecule has 2 heterocycles. The van der Waals surface area contributed by atoms with E-state index in [0.717, 1.165) is 11.3 Å². The second-order valence-electron chi connectivity index (χ2n) is 7.96. The van der Waals surface area contributed by atoms with Crippen LogP contribution in [0.5, 0.6) is 5.75 Å². The van der Waals surface area contributed by atoms with Crippen molar-refractivity contribution in [3.05, 3.63) is 93.9 Å². The van der Waals surface area contributed by atoms with Gasteiger partial charge in [0.25, 0.3) is 5.91 Å². The average Bonchev–Trinajstić information content (AvgIpc) is 3.27. The second kappa shape index (κ2) is 9.28. The molecule has 0 aliphatic carbocycles. The molecule has 0 fully saturated rings. The second-order valence-corrected chi connectivity index (χ2v) is 7.96. The van der Waals surface area contributed by atoms with Crippen molar-refractivity contribution in [3.8, 4) is 5.75 Å². The molecule has 0 atom stereocenters. The molecule has 2 aromatic carbocycles. The Morgan fingerprint density at radius 1 is 1.12 bits per heavy atom. The van der Waals surface area contributed by atoms with Crippen molar-refractivity contribution >= 4 is 11.6 Å². The lowest BCUT2D eigenvalue weighted by atomic mass is 10.1. The minimum Gasteiger partial charge on any atom is -0.489 e. The zero-order valence-corrected chi connectivity index (χ0v) is 19.0. The molecule has 4 rings (SSSR count). The maximum absolute atomic E-state index is 13.1. The van der Waals surface area contributed by atoms with E-state index in [1.54, 1.807) is 6.92 Å². The fraction of sp³-hybridized carbons (Fsp3) is 0.240. The van der Waals surface area contributed by atoms with Gasteiger partial charge < -0.3 is 14.6 Å². The summed E-state index contributed by atoms with van der Waals surface area (Å²) in [6.45, 7) is 8.19. The monoisotopic (exact) mass is 448 g/mol. The molecule has 0 bridgehead atoms. The summed E-state index contributed by atoms with van der Waals surface area (Å²) in [5.74, 6) is 0.196.